The Morgan fingerprint density at radius 2 is 2.05 bits per heavy atom. The van der Waals surface area contributed by atoms with E-state index in [-0.39, 0.29) is 41.2 Å². The summed E-state index contributed by atoms with van der Waals surface area (Å²) in [4.78, 5) is -0.0875. The summed E-state index contributed by atoms with van der Waals surface area (Å²) in [6, 6.07) is 2.52. The van der Waals surface area contributed by atoms with Gasteiger partial charge in [-0.3, -0.25) is 0 Å². The molecule has 20 heavy (non-hydrogen) atoms. The first-order chi connectivity index (χ1) is 8.79. The van der Waals surface area contributed by atoms with Crippen LogP contribution in [-0.4, -0.2) is 28.1 Å². The van der Waals surface area contributed by atoms with Crippen LogP contribution < -0.4 is 15.2 Å². The second-order valence-corrected chi connectivity index (χ2v) is 6.10. The van der Waals surface area contributed by atoms with Crippen LogP contribution in [0.25, 0.3) is 0 Å². The van der Waals surface area contributed by atoms with Gasteiger partial charge in [0.25, 0.3) is 0 Å². The largest absolute Gasteiger partial charge is 0.494 e. The molecule has 116 valence electrons. The van der Waals surface area contributed by atoms with Gasteiger partial charge in [-0.25, -0.2) is 17.5 Å². The van der Waals surface area contributed by atoms with E-state index in [1.54, 1.807) is 6.92 Å². The van der Waals surface area contributed by atoms with Crippen LogP contribution in [0.1, 0.15) is 18.9 Å². The van der Waals surface area contributed by atoms with Gasteiger partial charge < -0.3 is 10.5 Å². The van der Waals surface area contributed by atoms with E-state index < -0.39 is 15.8 Å². The van der Waals surface area contributed by atoms with Crippen LogP contribution in [0.4, 0.5) is 4.39 Å². The minimum atomic E-state index is -3.74. The Morgan fingerprint density at radius 3 is 2.55 bits per heavy atom. The Bertz CT molecular complexity index is 550. The number of sulfonamides is 1. The fourth-order valence-corrected chi connectivity index (χ4v) is 2.87. The molecule has 0 spiro atoms. The van der Waals surface area contributed by atoms with Crippen molar-refractivity contribution in [3.8, 4) is 5.75 Å². The molecule has 3 N–H and O–H groups in total. The van der Waals surface area contributed by atoms with E-state index >= 15 is 0 Å². The standard InChI is InChI=1S/C12H19FN2O3S.ClH/c1-8(14)6-7-15-19(16,17)11-5-4-10(18-3)12(13)9(11)2;/h4-5,8,15H,6-7,14H2,1-3H3;1H. The van der Waals surface area contributed by atoms with Gasteiger partial charge in [-0.1, -0.05) is 0 Å². The maximum Gasteiger partial charge on any atom is 0.240 e. The van der Waals surface area contributed by atoms with Gasteiger partial charge in [-0.2, -0.15) is 0 Å². The normalized spacial score (nSPS) is 12.7. The number of ether oxygens (including phenoxy) is 1. The fourth-order valence-electron chi connectivity index (χ4n) is 1.59. The first-order valence-corrected chi connectivity index (χ1v) is 7.36. The first kappa shape index (κ1) is 19.1. The Balaban J connectivity index is 0.00000361. The van der Waals surface area contributed by atoms with E-state index in [0.717, 1.165) is 0 Å². The van der Waals surface area contributed by atoms with Crippen molar-refractivity contribution in [1.82, 2.24) is 4.72 Å². The van der Waals surface area contributed by atoms with Crippen molar-refractivity contribution in [3.05, 3.63) is 23.5 Å². The number of benzene rings is 1. The zero-order chi connectivity index (χ0) is 14.6. The molecule has 0 fully saturated rings. The van der Waals surface area contributed by atoms with Crippen LogP contribution in [0.3, 0.4) is 0 Å². The second-order valence-electron chi connectivity index (χ2n) is 4.37. The van der Waals surface area contributed by atoms with E-state index in [2.05, 4.69) is 4.72 Å². The highest BCUT2D eigenvalue weighted by Crippen LogP contribution is 2.25. The van der Waals surface area contributed by atoms with E-state index in [1.807, 2.05) is 0 Å². The lowest BCUT2D eigenvalue weighted by molar-refractivity contribution is 0.384. The van der Waals surface area contributed by atoms with Gasteiger partial charge in [-0.05, 0) is 32.4 Å². The number of hydrogen-bond donors (Lipinski definition) is 2. The molecule has 0 amide bonds. The number of hydrogen-bond acceptors (Lipinski definition) is 4. The molecule has 0 saturated carbocycles. The molecule has 0 aliphatic rings. The summed E-state index contributed by atoms with van der Waals surface area (Å²) >= 11 is 0. The SMILES string of the molecule is COc1ccc(S(=O)(=O)NCCC(C)N)c(C)c1F.Cl. The summed E-state index contributed by atoms with van der Waals surface area (Å²) in [7, 11) is -2.41. The molecule has 0 heterocycles. The minimum Gasteiger partial charge on any atom is -0.494 e. The maximum atomic E-state index is 13.8. The van der Waals surface area contributed by atoms with E-state index in [4.69, 9.17) is 10.5 Å². The van der Waals surface area contributed by atoms with Gasteiger partial charge in [0.15, 0.2) is 11.6 Å². The van der Waals surface area contributed by atoms with Crippen molar-refractivity contribution in [3.63, 3.8) is 0 Å². The van der Waals surface area contributed by atoms with Gasteiger partial charge in [0, 0.05) is 18.2 Å². The Hall–Kier alpha value is -0.890. The molecule has 1 atom stereocenters. The number of nitrogens with one attached hydrogen (secondary N) is 1. The zero-order valence-corrected chi connectivity index (χ0v) is 13.3. The van der Waals surface area contributed by atoms with Crippen LogP contribution in [0.2, 0.25) is 0 Å². The molecule has 1 rings (SSSR count). The lowest BCUT2D eigenvalue weighted by Gasteiger charge is -2.12. The van der Waals surface area contributed by atoms with E-state index in [1.165, 1.54) is 26.2 Å². The molecule has 0 saturated heterocycles. The average molecular weight is 327 g/mol. The third-order valence-corrected chi connectivity index (χ3v) is 4.31. The van der Waals surface area contributed by atoms with Crippen LogP contribution in [-0.2, 0) is 10.0 Å². The van der Waals surface area contributed by atoms with Crippen LogP contribution in [0.5, 0.6) is 5.75 Å². The molecule has 0 bridgehead atoms. The van der Waals surface area contributed by atoms with E-state index in [0.29, 0.717) is 6.42 Å². The van der Waals surface area contributed by atoms with E-state index in [9.17, 15) is 12.8 Å². The molecular weight excluding hydrogens is 307 g/mol. The predicted octanol–water partition coefficient (Wildman–Crippen LogP) is 1.58. The van der Waals surface area contributed by atoms with Gasteiger partial charge in [0.05, 0.1) is 12.0 Å². The molecule has 5 nitrogen and oxygen atoms in total. The Labute approximate surface area is 125 Å². The molecule has 0 aliphatic heterocycles. The van der Waals surface area contributed by atoms with Crippen molar-refractivity contribution in [2.75, 3.05) is 13.7 Å². The third-order valence-electron chi connectivity index (χ3n) is 2.70. The molecule has 0 radical (unpaired) electrons. The lowest BCUT2D eigenvalue weighted by Crippen LogP contribution is -2.29. The summed E-state index contributed by atoms with van der Waals surface area (Å²) in [5.74, 6) is -0.649. The minimum absolute atomic E-state index is 0. The number of nitrogens with two attached hydrogens (primary N) is 1. The van der Waals surface area contributed by atoms with Crippen LogP contribution in [0.15, 0.2) is 17.0 Å². The summed E-state index contributed by atoms with van der Waals surface area (Å²) < 4.78 is 45.1. The number of rotatable bonds is 6. The zero-order valence-electron chi connectivity index (χ0n) is 11.6. The summed E-state index contributed by atoms with van der Waals surface area (Å²) in [5.41, 5.74) is 5.58. The third kappa shape index (κ3) is 4.59. The maximum absolute atomic E-state index is 13.8. The van der Waals surface area contributed by atoms with Gasteiger partial charge in [0.1, 0.15) is 0 Å². The molecule has 1 aromatic rings. The number of halogens is 2. The Kier molecular flexibility index (Phi) is 7.43. The highest BCUT2D eigenvalue weighted by atomic mass is 35.5. The lowest BCUT2D eigenvalue weighted by atomic mass is 10.2. The van der Waals surface area contributed by atoms with Crippen molar-refractivity contribution in [2.45, 2.75) is 31.2 Å². The van der Waals surface area contributed by atoms with Gasteiger partial charge in [-0.15, -0.1) is 12.4 Å². The van der Waals surface area contributed by atoms with Gasteiger partial charge >= 0.3 is 0 Å². The fraction of sp³-hybridized carbons (Fsp3) is 0.500. The highest BCUT2D eigenvalue weighted by molar-refractivity contribution is 7.89. The highest BCUT2D eigenvalue weighted by Gasteiger charge is 2.20. The molecule has 0 aromatic heterocycles. The summed E-state index contributed by atoms with van der Waals surface area (Å²) in [6.07, 6.45) is 0.511. The molecular formula is C12H20ClFN2O3S. The smallest absolute Gasteiger partial charge is 0.240 e. The molecule has 1 aromatic carbocycles. The average Bonchev–Trinajstić information content (AvgIpc) is 2.31. The Morgan fingerprint density at radius 1 is 1.45 bits per heavy atom. The van der Waals surface area contributed by atoms with Crippen molar-refractivity contribution < 1.29 is 17.5 Å². The summed E-state index contributed by atoms with van der Waals surface area (Å²) in [6.45, 7) is 3.40. The first-order valence-electron chi connectivity index (χ1n) is 5.88. The second kappa shape index (κ2) is 7.78. The van der Waals surface area contributed by atoms with Crippen molar-refractivity contribution in [1.29, 1.82) is 0 Å². The topological polar surface area (TPSA) is 81.4 Å². The monoisotopic (exact) mass is 326 g/mol. The molecule has 1 unspecified atom stereocenters. The van der Waals surface area contributed by atoms with Gasteiger partial charge in [0.2, 0.25) is 10.0 Å². The quantitative estimate of drug-likeness (QED) is 0.831. The van der Waals surface area contributed by atoms with Crippen LogP contribution in [0, 0.1) is 12.7 Å². The number of methoxy groups -OCH3 is 1. The predicted molar refractivity (Wildman–Crippen MR) is 78.4 cm³/mol. The molecule has 0 aliphatic carbocycles. The molecule has 8 heteroatoms. The van der Waals surface area contributed by atoms with Crippen LogP contribution >= 0.6 is 12.4 Å². The van der Waals surface area contributed by atoms with Crippen molar-refractivity contribution >= 4 is 22.4 Å². The summed E-state index contributed by atoms with van der Waals surface area (Å²) in [5, 5.41) is 0. The van der Waals surface area contributed by atoms with Crippen molar-refractivity contribution in [2.24, 2.45) is 5.73 Å².